The van der Waals surface area contributed by atoms with E-state index in [1.807, 2.05) is 13.8 Å². The Balaban J connectivity index is 1.90. The van der Waals surface area contributed by atoms with Crippen LogP contribution in [-0.4, -0.2) is 55.3 Å². The van der Waals surface area contributed by atoms with Crippen LogP contribution in [0.5, 0.6) is 0 Å². The molecule has 9 heteroatoms. The maximum Gasteiger partial charge on any atom is 0.229 e. The molecule has 2 heterocycles. The summed E-state index contributed by atoms with van der Waals surface area (Å²) in [5.41, 5.74) is 0. The summed E-state index contributed by atoms with van der Waals surface area (Å²) in [5.74, 6) is 1.46. The van der Waals surface area contributed by atoms with Crippen LogP contribution < -0.4 is 4.72 Å². The number of nitrogens with one attached hydrogen (secondary N) is 1. The molecule has 130 valence electrons. The van der Waals surface area contributed by atoms with Crippen LogP contribution in [0.1, 0.15) is 56.7 Å². The van der Waals surface area contributed by atoms with Crippen molar-refractivity contribution in [2.45, 2.75) is 44.9 Å². The maximum atomic E-state index is 12.2. The van der Waals surface area contributed by atoms with Gasteiger partial charge in [0.1, 0.15) is 0 Å². The molecule has 1 saturated heterocycles. The Morgan fingerprint density at radius 1 is 1.48 bits per heavy atom. The number of hydrogen-bond donors (Lipinski definition) is 1. The van der Waals surface area contributed by atoms with E-state index in [1.54, 1.807) is 4.90 Å². The average Bonchev–Trinajstić information content (AvgIpc) is 2.96. The van der Waals surface area contributed by atoms with Crippen molar-refractivity contribution >= 4 is 15.9 Å². The van der Waals surface area contributed by atoms with Crippen molar-refractivity contribution in [3.8, 4) is 0 Å². The van der Waals surface area contributed by atoms with Gasteiger partial charge in [-0.15, -0.1) is 0 Å². The predicted octanol–water partition coefficient (Wildman–Crippen LogP) is 0.838. The molecule has 1 fully saturated rings. The van der Waals surface area contributed by atoms with E-state index in [0.717, 1.165) is 19.1 Å². The van der Waals surface area contributed by atoms with Gasteiger partial charge in [0.15, 0.2) is 5.82 Å². The molecule has 1 aliphatic heterocycles. The number of carbonyl (C=O) groups excluding carboxylic acids is 1. The molecule has 0 aliphatic carbocycles. The Kier molecular flexibility index (Phi) is 5.74. The fraction of sp³-hybridized carbons (Fsp3) is 0.786. The van der Waals surface area contributed by atoms with E-state index in [2.05, 4.69) is 14.9 Å². The summed E-state index contributed by atoms with van der Waals surface area (Å²) in [6.45, 7) is 5.34. The highest BCUT2D eigenvalue weighted by Gasteiger charge is 2.28. The maximum absolute atomic E-state index is 12.2. The van der Waals surface area contributed by atoms with E-state index in [-0.39, 0.29) is 30.7 Å². The van der Waals surface area contributed by atoms with Gasteiger partial charge in [-0.05, 0) is 12.8 Å². The molecule has 1 aliphatic rings. The van der Waals surface area contributed by atoms with Crippen LogP contribution in [0, 0.1) is 0 Å². The molecule has 0 radical (unpaired) electrons. The zero-order chi connectivity index (χ0) is 17.0. The summed E-state index contributed by atoms with van der Waals surface area (Å²) in [6.07, 6.45) is 3.03. The minimum atomic E-state index is -3.26. The van der Waals surface area contributed by atoms with Crippen molar-refractivity contribution in [2.24, 2.45) is 0 Å². The first-order chi connectivity index (χ1) is 10.8. The number of nitrogens with zero attached hydrogens (tertiary/aromatic N) is 3. The molecule has 8 nitrogen and oxygen atoms in total. The Hall–Kier alpha value is -1.48. The molecule has 1 aromatic heterocycles. The number of rotatable bonds is 6. The molecule has 23 heavy (non-hydrogen) atoms. The normalized spacial score (nSPS) is 19.3. The molecule has 0 aromatic carbocycles. The third-order valence-electron chi connectivity index (χ3n) is 3.79. The zero-order valence-corrected chi connectivity index (χ0v) is 14.6. The first-order valence-electron chi connectivity index (χ1n) is 7.82. The summed E-state index contributed by atoms with van der Waals surface area (Å²) in [7, 11) is -3.26. The summed E-state index contributed by atoms with van der Waals surface area (Å²) >= 11 is 0. The Morgan fingerprint density at radius 3 is 2.83 bits per heavy atom. The molecule has 1 aromatic rings. The summed E-state index contributed by atoms with van der Waals surface area (Å²) < 4.78 is 29.6. The number of hydrogen-bond acceptors (Lipinski definition) is 6. The lowest BCUT2D eigenvalue weighted by molar-refractivity contribution is -0.132. The summed E-state index contributed by atoms with van der Waals surface area (Å²) in [4.78, 5) is 18.4. The van der Waals surface area contributed by atoms with Gasteiger partial charge < -0.3 is 9.42 Å². The van der Waals surface area contributed by atoms with Gasteiger partial charge in [0, 0.05) is 37.9 Å². The van der Waals surface area contributed by atoms with E-state index < -0.39 is 10.0 Å². The van der Waals surface area contributed by atoms with Gasteiger partial charge in [0.05, 0.1) is 6.26 Å². The van der Waals surface area contributed by atoms with Gasteiger partial charge in [-0.2, -0.15) is 4.98 Å². The van der Waals surface area contributed by atoms with Gasteiger partial charge in [-0.25, -0.2) is 13.1 Å². The number of aromatic nitrogens is 2. The SMILES string of the molecule is CC(C)c1nc(C2CCCN(C(=O)CCNS(C)(=O)=O)C2)no1. The highest BCUT2D eigenvalue weighted by molar-refractivity contribution is 7.88. The monoisotopic (exact) mass is 344 g/mol. The van der Waals surface area contributed by atoms with Crippen LogP contribution in [0.2, 0.25) is 0 Å². The van der Waals surface area contributed by atoms with Crippen LogP contribution in [0.4, 0.5) is 0 Å². The molecule has 2 rings (SSSR count). The molecule has 1 amide bonds. The second kappa shape index (κ2) is 7.39. The van der Waals surface area contributed by atoms with Gasteiger partial charge in [-0.1, -0.05) is 19.0 Å². The fourth-order valence-electron chi connectivity index (χ4n) is 2.56. The van der Waals surface area contributed by atoms with E-state index >= 15 is 0 Å². The van der Waals surface area contributed by atoms with Crippen LogP contribution in [-0.2, 0) is 14.8 Å². The summed E-state index contributed by atoms with van der Waals surface area (Å²) in [6, 6.07) is 0. The predicted molar refractivity (Wildman–Crippen MR) is 84.4 cm³/mol. The van der Waals surface area contributed by atoms with Gasteiger partial charge >= 0.3 is 0 Å². The van der Waals surface area contributed by atoms with Crippen LogP contribution in [0.3, 0.4) is 0 Å². The van der Waals surface area contributed by atoms with Gasteiger partial charge in [-0.3, -0.25) is 4.79 Å². The van der Waals surface area contributed by atoms with Crippen molar-refractivity contribution in [1.29, 1.82) is 0 Å². The lowest BCUT2D eigenvalue weighted by Gasteiger charge is -2.31. The van der Waals surface area contributed by atoms with Crippen molar-refractivity contribution < 1.29 is 17.7 Å². The molecule has 0 saturated carbocycles. The first-order valence-corrected chi connectivity index (χ1v) is 9.71. The third-order valence-corrected chi connectivity index (χ3v) is 4.52. The largest absolute Gasteiger partial charge is 0.342 e. The van der Waals surface area contributed by atoms with E-state index in [4.69, 9.17) is 4.52 Å². The molecular formula is C14H24N4O4S. The number of amides is 1. The van der Waals surface area contributed by atoms with Crippen molar-refractivity contribution in [2.75, 3.05) is 25.9 Å². The highest BCUT2D eigenvalue weighted by atomic mass is 32.2. The van der Waals surface area contributed by atoms with E-state index in [9.17, 15) is 13.2 Å². The minimum absolute atomic E-state index is 0.0570. The Bertz CT molecular complexity index is 641. The second-order valence-corrected chi connectivity index (χ2v) is 8.07. The lowest BCUT2D eigenvalue weighted by Crippen LogP contribution is -2.40. The fourth-order valence-corrected chi connectivity index (χ4v) is 3.04. The lowest BCUT2D eigenvalue weighted by atomic mass is 9.97. The topological polar surface area (TPSA) is 105 Å². The van der Waals surface area contributed by atoms with Crippen molar-refractivity contribution in [3.05, 3.63) is 11.7 Å². The van der Waals surface area contributed by atoms with E-state index in [1.165, 1.54) is 0 Å². The van der Waals surface area contributed by atoms with Crippen LogP contribution >= 0.6 is 0 Å². The standard InChI is InChI=1S/C14H24N4O4S/c1-10(2)14-16-13(17-22-14)11-5-4-8-18(9-11)12(19)6-7-15-23(3,20)21/h10-11,15H,4-9H2,1-3H3. The van der Waals surface area contributed by atoms with Crippen LogP contribution in [0.15, 0.2) is 4.52 Å². The van der Waals surface area contributed by atoms with E-state index in [0.29, 0.717) is 24.8 Å². The Morgan fingerprint density at radius 2 is 2.22 bits per heavy atom. The quantitative estimate of drug-likeness (QED) is 0.820. The molecule has 1 atom stereocenters. The second-order valence-electron chi connectivity index (χ2n) is 6.24. The van der Waals surface area contributed by atoms with Gasteiger partial charge in [0.25, 0.3) is 0 Å². The molecule has 1 N–H and O–H groups in total. The van der Waals surface area contributed by atoms with Crippen LogP contribution in [0.25, 0.3) is 0 Å². The van der Waals surface area contributed by atoms with Crippen molar-refractivity contribution in [3.63, 3.8) is 0 Å². The number of carbonyl (C=O) groups is 1. The van der Waals surface area contributed by atoms with Gasteiger partial charge in [0.2, 0.25) is 21.8 Å². The minimum Gasteiger partial charge on any atom is -0.342 e. The molecule has 0 bridgehead atoms. The highest BCUT2D eigenvalue weighted by Crippen LogP contribution is 2.26. The summed E-state index contributed by atoms with van der Waals surface area (Å²) in [5, 5.41) is 4.03. The first kappa shape index (κ1) is 17.9. The number of likely N-dealkylation sites (tertiary alicyclic amines) is 1. The Labute approximate surface area is 136 Å². The number of sulfonamides is 1. The van der Waals surface area contributed by atoms with Crippen molar-refractivity contribution in [1.82, 2.24) is 19.8 Å². The molecule has 0 spiro atoms. The smallest absolute Gasteiger partial charge is 0.229 e. The zero-order valence-electron chi connectivity index (χ0n) is 13.8. The average molecular weight is 344 g/mol. The molecular weight excluding hydrogens is 320 g/mol. The number of piperidine rings is 1. The third kappa shape index (κ3) is 5.28. The molecule has 1 unspecified atom stereocenters.